The maximum atomic E-state index is 13.5. The van der Waals surface area contributed by atoms with Crippen LogP contribution in [0.5, 0.6) is 0 Å². The van der Waals surface area contributed by atoms with Crippen LogP contribution in [0.1, 0.15) is 43.4 Å². The molecule has 1 aliphatic heterocycles. The number of pyridine rings is 1. The molecule has 1 amide bonds. The highest BCUT2D eigenvalue weighted by atomic mass is 16.2. The van der Waals surface area contributed by atoms with Crippen molar-refractivity contribution in [3.05, 3.63) is 29.6 Å². The summed E-state index contributed by atoms with van der Waals surface area (Å²) in [5.74, 6) is 1.02. The van der Waals surface area contributed by atoms with E-state index >= 15 is 0 Å². The van der Waals surface area contributed by atoms with Crippen molar-refractivity contribution in [2.45, 2.75) is 51.1 Å². The molecule has 4 rings (SSSR count). The van der Waals surface area contributed by atoms with E-state index in [0.717, 1.165) is 32.4 Å². The quantitative estimate of drug-likeness (QED) is 0.841. The molecule has 2 fully saturated rings. The number of rotatable bonds is 2. The average Bonchev–Trinajstić information content (AvgIpc) is 3.11. The summed E-state index contributed by atoms with van der Waals surface area (Å²) in [6.07, 6.45) is 8.58. The van der Waals surface area contributed by atoms with Crippen LogP contribution in [0.15, 0.2) is 18.3 Å². The molecule has 4 heteroatoms. The molecule has 124 valence electrons. The zero-order chi connectivity index (χ0) is 16.0. The molecular formula is C19H27N3O. The number of amides is 1. The molecule has 2 saturated carbocycles. The van der Waals surface area contributed by atoms with Crippen LogP contribution in [0.3, 0.4) is 0 Å². The molecule has 0 N–H and O–H groups in total. The standard InChI is InChI=1S/C19H27N3O/c1-21(2)16-11-15-6-3-8-19(15,12-16)18(23)22-10-7-17-14(13-22)5-4-9-20-17/h4-5,9,15-16H,3,6-8,10-13H2,1-2H3. The summed E-state index contributed by atoms with van der Waals surface area (Å²) in [4.78, 5) is 22.4. The summed E-state index contributed by atoms with van der Waals surface area (Å²) in [7, 11) is 4.32. The summed E-state index contributed by atoms with van der Waals surface area (Å²) in [6, 6.07) is 4.69. The van der Waals surface area contributed by atoms with Crippen molar-refractivity contribution < 1.29 is 4.79 Å². The minimum absolute atomic E-state index is 0.0748. The number of fused-ring (bicyclic) bond motifs is 2. The molecule has 0 radical (unpaired) electrons. The Balaban J connectivity index is 1.57. The van der Waals surface area contributed by atoms with Gasteiger partial charge in [-0.05, 0) is 57.3 Å². The lowest BCUT2D eigenvalue weighted by atomic mass is 9.78. The molecule has 0 aromatic carbocycles. The Kier molecular flexibility index (Phi) is 3.67. The van der Waals surface area contributed by atoms with Gasteiger partial charge in [0.05, 0.1) is 5.41 Å². The van der Waals surface area contributed by atoms with Crippen LogP contribution in [-0.2, 0) is 17.8 Å². The topological polar surface area (TPSA) is 36.4 Å². The second-order valence-corrected chi connectivity index (χ2v) is 7.89. The highest BCUT2D eigenvalue weighted by molar-refractivity contribution is 5.84. The van der Waals surface area contributed by atoms with Gasteiger partial charge in [-0.3, -0.25) is 9.78 Å². The normalized spacial score (nSPS) is 32.9. The van der Waals surface area contributed by atoms with Crippen LogP contribution in [0.25, 0.3) is 0 Å². The van der Waals surface area contributed by atoms with Gasteiger partial charge in [-0.1, -0.05) is 12.5 Å². The maximum absolute atomic E-state index is 13.5. The largest absolute Gasteiger partial charge is 0.337 e. The van der Waals surface area contributed by atoms with E-state index < -0.39 is 0 Å². The summed E-state index contributed by atoms with van der Waals surface area (Å²) in [5, 5.41) is 0. The van der Waals surface area contributed by atoms with Crippen molar-refractivity contribution in [3.63, 3.8) is 0 Å². The van der Waals surface area contributed by atoms with Gasteiger partial charge in [0.25, 0.3) is 0 Å². The van der Waals surface area contributed by atoms with Crippen molar-refractivity contribution in [1.82, 2.24) is 14.8 Å². The fraction of sp³-hybridized carbons (Fsp3) is 0.684. The van der Waals surface area contributed by atoms with Crippen LogP contribution in [0.4, 0.5) is 0 Å². The molecule has 2 heterocycles. The lowest BCUT2D eigenvalue weighted by molar-refractivity contribution is -0.144. The van der Waals surface area contributed by atoms with Gasteiger partial charge >= 0.3 is 0 Å². The Labute approximate surface area is 138 Å². The lowest BCUT2D eigenvalue weighted by Crippen LogP contribution is -2.46. The first-order valence-corrected chi connectivity index (χ1v) is 8.99. The molecular weight excluding hydrogens is 286 g/mol. The lowest BCUT2D eigenvalue weighted by Gasteiger charge is -2.37. The first kappa shape index (κ1) is 15.1. The van der Waals surface area contributed by atoms with E-state index in [0.29, 0.717) is 17.9 Å². The molecule has 3 atom stereocenters. The zero-order valence-electron chi connectivity index (χ0n) is 14.3. The van der Waals surface area contributed by atoms with Crippen LogP contribution in [0, 0.1) is 11.3 Å². The molecule has 0 bridgehead atoms. The SMILES string of the molecule is CN(C)C1CC2CCCC2(C(=O)N2CCc3ncccc3C2)C1. The van der Waals surface area contributed by atoms with Gasteiger partial charge in [-0.15, -0.1) is 0 Å². The first-order valence-electron chi connectivity index (χ1n) is 8.99. The smallest absolute Gasteiger partial charge is 0.229 e. The third-order valence-corrected chi connectivity index (χ3v) is 6.52. The summed E-state index contributed by atoms with van der Waals surface area (Å²) >= 11 is 0. The molecule has 1 aromatic heterocycles. The van der Waals surface area contributed by atoms with E-state index in [9.17, 15) is 4.79 Å². The van der Waals surface area contributed by atoms with Crippen LogP contribution in [-0.4, -0.2) is 47.4 Å². The Morgan fingerprint density at radius 3 is 3.13 bits per heavy atom. The molecule has 3 unspecified atom stereocenters. The Bertz CT molecular complexity index is 614. The van der Waals surface area contributed by atoms with E-state index in [1.807, 2.05) is 12.3 Å². The Morgan fingerprint density at radius 1 is 1.43 bits per heavy atom. The highest BCUT2D eigenvalue weighted by Gasteiger charge is 2.56. The number of carbonyl (C=O) groups excluding carboxylic acids is 1. The monoisotopic (exact) mass is 313 g/mol. The van der Waals surface area contributed by atoms with Gasteiger partial charge in [0.1, 0.15) is 0 Å². The molecule has 0 saturated heterocycles. The predicted octanol–water partition coefficient (Wildman–Crippen LogP) is 2.48. The molecule has 4 nitrogen and oxygen atoms in total. The second-order valence-electron chi connectivity index (χ2n) is 7.89. The Hall–Kier alpha value is -1.42. The average molecular weight is 313 g/mol. The Morgan fingerprint density at radius 2 is 2.30 bits per heavy atom. The van der Waals surface area contributed by atoms with Crippen molar-refractivity contribution in [3.8, 4) is 0 Å². The van der Waals surface area contributed by atoms with Gasteiger partial charge < -0.3 is 9.80 Å². The minimum Gasteiger partial charge on any atom is -0.337 e. The van der Waals surface area contributed by atoms with Crippen molar-refractivity contribution >= 4 is 5.91 Å². The molecule has 23 heavy (non-hydrogen) atoms. The highest BCUT2D eigenvalue weighted by Crippen LogP contribution is 2.56. The summed E-state index contributed by atoms with van der Waals surface area (Å²) in [5.41, 5.74) is 2.34. The van der Waals surface area contributed by atoms with Crippen molar-refractivity contribution in [1.29, 1.82) is 0 Å². The van der Waals surface area contributed by atoms with Crippen LogP contribution < -0.4 is 0 Å². The fourth-order valence-electron chi connectivity index (χ4n) is 5.21. The molecule has 3 aliphatic rings. The number of nitrogens with zero attached hydrogens (tertiary/aromatic N) is 3. The van der Waals surface area contributed by atoms with Gasteiger partial charge in [0.15, 0.2) is 0 Å². The minimum atomic E-state index is -0.0748. The van der Waals surface area contributed by atoms with Crippen LogP contribution >= 0.6 is 0 Å². The summed E-state index contributed by atoms with van der Waals surface area (Å²) < 4.78 is 0. The van der Waals surface area contributed by atoms with Crippen LogP contribution in [0.2, 0.25) is 0 Å². The third kappa shape index (κ3) is 2.38. The fourth-order valence-corrected chi connectivity index (χ4v) is 5.21. The van der Waals surface area contributed by atoms with E-state index in [2.05, 4.69) is 34.9 Å². The van der Waals surface area contributed by atoms with E-state index in [-0.39, 0.29) is 5.41 Å². The van der Waals surface area contributed by atoms with E-state index in [4.69, 9.17) is 0 Å². The second kappa shape index (κ2) is 5.59. The molecule has 2 aliphatic carbocycles. The van der Waals surface area contributed by atoms with Crippen molar-refractivity contribution in [2.75, 3.05) is 20.6 Å². The zero-order valence-corrected chi connectivity index (χ0v) is 14.3. The van der Waals surface area contributed by atoms with E-state index in [1.165, 1.54) is 30.5 Å². The van der Waals surface area contributed by atoms with Gasteiger partial charge in [0.2, 0.25) is 5.91 Å². The van der Waals surface area contributed by atoms with Gasteiger partial charge in [-0.2, -0.15) is 0 Å². The maximum Gasteiger partial charge on any atom is 0.229 e. The number of hydrogen-bond acceptors (Lipinski definition) is 3. The van der Waals surface area contributed by atoms with Gasteiger partial charge in [-0.25, -0.2) is 0 Å². The van der Waals surface area contributed by atoms with Crippen molar-refractivity contribution in [2.24, 2.45) is 11.3 Å². The number of aromatic nitrogens is 1. The molecule has 0 spiro atoms. The summed E-state index contributed by atoms with van der Waals surface area (Å²) in [6.45, 7) is 1.59. The van der Waals surface area contributed by atoms with Gasteiger partial charge in [0, 0.05) is 37.4 Å². The number of hydrogen-bond donors (Lipinski definition) is 0. The van der Waals surface area contributed by atoms with E-state index in [1.54, 1.807) is 0 Å². The predicted molar refractivity (Wildman–Crippen MR) is 89.8 cm³/mol. The first-order chi connectivity index (χ1) is 11.1. The third-order valence-electron chi connectivity index (χ3n) is 6.52. The molecule has 1 aromatic rings. The number of carbonyl (C=O) groups is 1.